The van der Waals surface area contributed by atoms with Gasteiger partial charge < -0.3 is 19.8 Å². The third-order valence-electron chi connectivity index (χ3n) is 3.08. The molecule has 2 N–H and O–H groups in total. The standard InChI is InChI=1S/C17H20F3N3O2/c1-2-21-16(23-11-15-7-4-8-24-15)22-10-13-5-3-6-14(9-13)25-12-17(18,19)20/h3-9H,2,10-12H2,1H3,(H2,21,22,23). The van der Waals surface area contributed by atoms with E-state index in [0.717, 1.165) is 11.3 Å². The molecule has 0 atom stereocenters. The van der Waals surface area contributed by atoms with Crippen molar-refractivity contribution in [1.82, 2.24) is 10.6 Å². The topological polar surface area (TPSA) is 58.8 Å². The van der Waals surface area contributed by atoms with Crippen LogP contribution in [0.2, 0.25) is 0 Å². The number of nitrogens with one attached hydrogen (secondary N) is 2. The molecule has 0 radical (unpaired) electrons. The van der Waals surface area contributed by atoms with Gasteiger partial charge in [-0.05, 0) is 36.8 Å². The number of rotatable bonds is 7. The first-order chi connectivity index (χ1) is 12.0. The van der Waals surface area contributed by atoms with Crippen LogP contribution in [0.25, 0.3) is 0 Å². The Hall–Kier alpha value is -2.64. The Kier molecular flexibility index (Phi) is 6.73. The van der Waals surface area contributed by atoms with Crippen LogP contribution in [0, 0.1) is 0 Å². The first-order valence-electron chi connectivity index (χ1n) is 7.79. The summed E-state index contributed by atoms with van der Waals surface area (Å²) in [6, 6.07) is 10.1. The summed E-state index contributed by atoms with van der Waals surface area (Å²) in [6.07, 6.45) is -2.77. The maximum atomic E-state index is 12.2. The number of alkyl halides is 3. The number of hydrogen-bond acceptors (Lipinski definition) is 3. The summed E-state index contributed by atoms with van der Waals surface area (Å²) in [5, 5.41) is 6.21. The second-order valence-corrected chi connectivity index (χ2v) is 5.18. The van der Waals surface area contributed by atoms with Gasteiger partial charge in [-0.3, -0.25) is 0 Å². The van der Waals surface area contributed by atoms with Gasteiger partial charge >= 0.3 is 6.18 Å². The lowest BCUT2D eigenvalue weighted by Gasteiger charge is -2.11. The number of aliphatic imine (C=N–C) groups is 1. The molecule has 1 aromatic carbocycles. The number of guanidine groups is 1. The zero-order chi connectivity index (χ0) is 18.1. The number of ether oxygens (including phenoxy) is 1. The Morgan fingerprint density at radius 2 is 2.04 bits per heavy atom. The van der Waals surface area contributed by atoms with Crippen molar-refractivity contribution in [3.05, 3.63) is 54.0 Å². The number of halogens is 3. The minimum absolute atomic E-state index is 0.165. The second-order valence-electron chi connectivity index (χ2n) is 5.18. The molecule has 0 aliphatic heterocycles. The van der Waals surface area contributed by atoms with Gasteiger partial charge in [0.15, 0.2) is 12.6 Å². The minimum Gasteiger partial charge on any atom is -0.484 e. The van der Waals surface area contributed by atoms with Crippen molar-refractivity contribution in [1.29, 1.82) is 0 Å². The van der Waals surface area contributed by atoms with Gasteiger partial charge in [0.1, 0.15) is 11.5 Å². The summed E-state index contributed by atoms with van der Waals surface area (Å²) in [5.41, 5.74) is 0.745. The fraction of sp³-hybridized carbons (Fsp3) is 0.353. The molecule has 0 aliphatic carbocycles. The summed E-state index contributed by atoms with van der Waals surface area (Å²) in [5.74, 6) is 1.52. The fourth-order valence-corrected chi connectivity index (χ4v) is 1.99. The summed E-state index contributed by atoms with van der Waals surface area (Å²) in [6.45, 7) is 2.09. The molecular formula is C17H20F3N3O2. The molecule has 1 heterocycles. The summed E-state index contributed by atoms with van der Waals surface area (Å²) >= 11 is 0. The van der Waals surface area contributed by atoms with Crippen LogP contribution in [0.4, 0.5) is 13.2 Å². The molecule has 2 rings (SSSR count). The number of nitrogens with zero attached hydrogens (tertiary/aromatic N) is 1. The molecule has 136 valence electrons. The van der Waals surface area contributed by atoms with E-state index in [2.05, 4.69) is 15.6 Å². The van der Waals surface area contributed by atoms with Crippen molar-refractivity contribution in [2.24, 2.45) is 4.99 Å². The van der Waals surface area contributed by atoms with Crippen LogP contribution in [-0.4, -0.2) is 25.3 Å². The van der Waals surface area contributed by atoms with E-state index in [-0.39, 0.29) is 5.75 Å². The van der Waals surface area contributed by atoms with E-state index in [1.807, 2.05) is 13.0 Å². The van der Waals surface area contributed by atoms with Gasteiger partial charge in [0.2, 0.25) is 0 Å². The number of furan rings is 1. The SMILES string of the molecule is CCNC(=NCc1cccc(OCC(F)(F)F)c1)NCc1ccco1. The summed E-state index contributed by atoms with van der Waals surface area (Å²) in [7, 11) is 0. The number of benzene rings is 1. The van der Waals surface area contributed by atoms with Crippen molar-refractivity contribution in [3.8, 4) is 5.75 Å². The van der Waals surface area contributed by atoms with E-state index in [1.165, 1.54) is 6.07 Å². The Morgan fingerprint density at radius 1 is 1.20 bits per heavy atom. The molecule has 0 aliphatic rings. The van der Waals surface area contributed by atoms with Crippen molar-refractivity contribution in [2.75, 3.05) is 13.2 Å². The van der Waals surface area contributed by atoms with E-state index >= 15 is 0 Å². The quantitative estimate of drug-likeness (QED) is 0.590. The molecule has 2 aromatic rings. The van der Waals surface area contributed by atoms with Crippen molar-refractivity contribution >= 4 is 5.96 Å². The highest BCUT2D eigenvalue weighted by molar-refractivity contribution is 5.79. The first kappa shape index (κ1) is 18.7. The van der Waals surface area contributed by atoms with Crippen molar-refractivity contribution < 1.29 is 22.3 Å². The highest BCUT2D eigenvalue weighted by atomic mass is 19.4. The van der Waals surface area contributed by atoms with Gasteiger partial charge in [-0.25, -0.2) is 4.99 Å². The summed E-state index contributed by atoms with van der Waals surface area (Å²) in [4.78, 5) is 4.41. The molecule has 5 nitrogen and oxygen atoms in total. The maximum absolute atomic E-state index is 12.2. The molecule has 8 heteroatoms. The predicted octanol–water partition coefficient (Wildman–Crippen LogP) is 3.48. The molecule has 0 unspecified atom stereocenters. The molecule has 0 bridgehead atoms. The molecule has 0 saturated carbocycles. The third kappa shape index (κ3) is 7.19. The fourth-order valence-electron chi connectivity index (χ4n) is 1.99. The lowest BCUT2D eigenvalue weighted by Crippen LogP contribution is -2.36. The van der Waals surface area contributed by atoms with Crippen molar-refractivity contribution in [3.63, 3.8) is 0 Å². The average molecular weight is 355 g/mol. The van der Waals surface area contributed by atoms with Crippen LogP contribution in [0.15, 0.2) is 52.1 Å². The zero-order valence-corrected chi connectivity index (χ0v) is 13.8. The van der Waals surface area contributed by atoms with Gasteiger partial charge in [-0.2, -0.15) is 13.2 Å². The van der Waals surface area contributed by atoms with E-state index < -0.39 is 12.8 Å². The number of hydrogen-bond donors (Lipinski definition) is 2. The molecule has 1 aromatic heterocycles. The van der Waals surface area contributed by atoms with Gasteiger partial charge in [0.25, 0.3) is 0 Å². The molecule has 0 amide bonds. The minimum atomic E-state index is -4.36. The lowest BCUT2D eigenvalue weighted by atomic mass is 10.2. The molecular weight excluding hydrogens is 335 g/mol. The van der Waals surface area contributed by atoms with Crippen LogP contribution < -0.4 is 15.4 Å². The van der Waals surface area contributed by atoms with E-state index in [9.17, 15) is 13.2 Å². The van der Waals surface area contributed by atoms with Crippen LogP contribution in [0.1, 0.15) is 18.2 Å². The Bertz CT molecular complexity index is 670. The normalized spacial score (nSPS) is 12.1. The Labute approximate surface area is 143 Å². The average Bonchev–Trinajstić information content (AvgIpc) is 3.09. The molecule has 0 fully saturated rings. The maximum Gasteiger partial charge on any atom is 0.422 e. The third-order valence-corrected chi connectivity index (χ3v) is 3.08. The monoisotopic (exact) mass is 355 g/mol. The largest absolute Gasteiger partial charge is 0.484 e. The van der Waals surface area contributed by atoms with Gasteiger partial charge in [0.05, 0.1) is 19.4 Å². The van der Waals surface area contributed by atoms with Crippen LogP contribution in [0.5, 0.6) is 5.75 Å². The summed E-state index contributed by atoms with van der Waals surface area (Å²) < 4.78 is 46.6. The Balaban J connectivity index is 1.94. The zero-order valence-electron chi connectivity index (χ0n) is 13.8. The highest BCUT2D eigenvalue weighted by Crippen LogP contribution is 2.19. The molecule has 0 spiro atoms. The first-order valence-corrected chi connectivity index (χ1v) is 7.79. The van der Waals surface area contributed by atoms with E-state index in [1.54, 1.807) is 30.5 Å². The van der Waals surface area contributed by atoms with Gasteiger partial charge in [-0.1, -0.05) is 12.1 Å². The van der Waals surface area contributed by atoms with Crippen LogP contribution in [-0.2, 0) is 13.1 Å². The molecule has 25 heavy (non-hydrogen) atoms. The molecule has 0 saturated heterocycles. The van der Waals surface area contributed by atoms with Crippen LogP contribution >= 0.6 is 0 Å². The lowest BCUT2D eigenvalue weighted by molar-refractivity contribution is -0.153. The van der Waals surface area contributed by atoms with Gasteiger partial charge in [0, 0.05) is 6.54 Å². The van der Waals surface area contributed by atoms with E-state index in [4.69, 9.17) is 9.15 Å². The van der Waals surface area contributed by atoms with Gasteiger partial charge in [-0.15, -0.1) is 0 Å². The second kappa shape index (κ2) is 9.00. The smallest absolute Gasteiger partial charge is 0.422 e. The van der Waals surface area contributed by atoms with E-state index in [0.29, 0.717) is 25.6 Å². The van der Waals surface area contributed by atoms with Crippen LogP contribution in [0.3, 0.4) is 0 Å². The Morgan fingerprint density at radius 3 is 2.72 bits per heavy atom. The predicted molar refractivity (Wildman–Crippen MR) is 88.4 cm³/mol. The van der Waals surface area contributed by atoms with Crippen molar-refractivity contribution in [2.45, 2.75) is 26.2 Å². The highest BCUT2D eigenvalue weighted by Gasteiger charge is 2.28.